The summed E-state index contributed by atoms with van der Waals surface area (Å²) in [5.41, 5.74) is 5.81. The van der Waals surface area contributed by atoms with Gasteiger partial charge in [0.1, 0.15) is 0 Å². The molecular formula is C31H27BrClNO3. The van der Waals surface area contributed by atoms with Crippen molar-refractivity contribution >= 4 is 39.3 Å². The molecule has 0 saturated carbocycles. The Morgan fingerprint density at radius 1 is 1.00 bits per heavy atom. The molecule has 0 aromatic heterocycles. The van der Waals surface area contributed by atoms with Crippen molar-refractivity contribution < 1.29 is 14.3 Å². The SMILES string of the molecule is CC1=C(C(=O)OCCc2ccccc2)[C@@H](c2cccc(Br)c2)C2=C(C[C@H](c3ccc(Cl)cc3)CC2=O)N1. The summed E-state index contributed by atoms with van der Waals surface area (Å²) in [6.07, 6.45) is 1.69. The summed E-state index contributed by atoms with van der Waals surface area (Å²) in [5, 5.41) is 4.08. The monoisotopic (exact) mass is 575 g/mol. The molecule has 0 amide bonds. The zero-order chi connectivity index (χ0) is 25.9. The third-order valence-electron chi connectivity index (χ3n) is 7.04. The van der Waals surface area contributed by atoms with Crippen LogP contribution < -0.4 is 5.32 Å². The highest BCUT2D eigenvalue weighted by molar-refractivity contribution is 9.10. The lowest BCUT2D eigenvalue weighted by Gasteiger charge is -2.36. The van der Waals surface area contributed by atoms with Gasteiger partial charge in [-0.25, -0.2) is 4.79 Å². The Labute approximate surface area is 230 Å². The molecule has 1 heterocycles. The van der Waals surface area contributed by atoms with E-state index in [4.69, 9.17) is 16.3 Å². The molecule has 1 aliphatic heterocycles. The van der Waals surface area contributed by atoms with Crippen LogP contribution in [0, 0.1) is 0 Å². The zero-order valence-corrected chi connectivity index (χ0v) is 22.8. The van der Waals surface area contributed by atoms with Gasteiger partial charge in [-0.3, -0.25) is 4.79 Å². The number of dihydropyridines is 1. The zero-order valence-electron chi connectivity index (χ0n) is 20.5. The summed E-state index contributed by atoms with van der Waals surface area (Å²) < 4.78 is 6.65. The summed E-state index contributed by atoms with van der Waals surface area (Å²) in [6.45, 7) is 2.16. The van der Waals surface area contributed by atoms with E-state index in [1.54, 1.807) is 0 Å². The second-order valence-corrected chi connectivity index (χ2v) is 10.8. The van der Waals surface area contributed by atoms with Crippen LogP contribution in [0.25, 0.3) is 0 Å². The van der Waals surface area contributed by atoms with E-state index in [9.17, 15) is 9.59 Å². The van der Waals surface area contributed by atoms with E-state index in [1.165, 1.54) is 0 Å². The molecule has 1 aliphatic carbocycles. The smallest absolute Gasteiger partial charge is 0.336 e. The third-order valence-corrected chi connectivity index (χ3v) is 7.78. The molecule has 37 heavy (non-hydrogen) atoms. The number of esters is 1. The van der Waals surface area contributed by atoms with Crippen LogP contribution in [0.15, 0.2) is 106 Å². The van der Waals surface area contributed by atoms with Crippen molar-refractivity contribution in [3.8, 4) is 0 Å². The molecule has 0 radical (unpaired) electrons. The Morgan fingerprint density at radius 2 is 1.76 bits per heavy atom. The molecule has 4 nitrogen and oxygen atoms in total. The largest absolute Gasteiger partial charge is 0.462 e. The Kier molecular flexibility index (Phi) is 7.63. The molecule has 0 saturated heterocycles. The van der Waals surface area contributed by atoms with Gasteiger partial charge >= 0.3 is 5.97 Å². The van der Waals surface area contributed by atoms with Crippen molar-refractivity contribution in [2.45, 2.75) is 38.0 Å². The lowest BCUT2D eigenvalue weighted by Crippen LogP contribution is -2.36. The second-order valence-electron chi connectivity index (χ2n) is 9.50. The molecule has 6 heteroatoms. The third kappa shape index (κ3) is 5.58. The quantitative estimate of drug-likeness (QED) is 0.314. The summed E-state index contributed by atoms with van der Waals surface area (Å²) in [4.78, 5) is 27.2. The first-order valence-electron chi connectivity index (χ1n) is 12.4. The molecular weight excluding hydrogens is 550 g/mol. The summed E-state index contributed by atoms with van der Waals surface area (Å²) >= 11 is 9.64. The molecule has 0 spiro atoms. The maximum atomic E-state index is 13.7. The normalized spacial score (nSPS) is 19.4. The summed E-state index contributed by atoms with van der Waals surface area (Å²) in [6, 6.07) is 25.4. The number of halogens is 2. The van der Waals surface area contributed by atoms with Crippen LogP contribution in [0.2, 0.25) is 5.02 Å². The highest BCUT2D eigenvalue weighted by atomic mass is 79.9. The fraction of sp³-hybridized carbons (Fsp3) is 0.226. The van der Waals surface area contributed by atoms with E-state index in [0.29, 0.717) is 35.4 Å². The van der Waals surface area contributed by atoms with Crippen LogP contribution >= 0.6 is 27.5 Å². The van der Waals surface area contributed by atoms with Gasteiger partial charge in [-0.1, -0.05) is 82.1 Å². The van der Waals surface area contributed by atoms with Crippen LogP contribution in [-0.2, 0) is 20.7 Å². The number of carbonyl (C=O) groups excluding carboxylic acids is 2. The minimum absolute atomic E-state index is 0.0424. The molecule has 2 atom stereocenters. The van der Waals surface area contributed by atoms with Crippen LogP contribution in [0.5, 0.6) is 0 Å². The van der Waals surface area contributed by atoms with E-state index >= 15 is 0 Å². The average Bonchev–Trinajstić information content (AvgIpc) is 2.88. The van der Waals surface area contributed by atoms with Gasteiger partial charge in [0.15, 0.2) is 5.78 Å². The number of allylic oxidation sites excluding steroid dienone is 3. The van der Waals surface area contributed by atoms with Crippen molar-refractivity contribution in [3.05, 3.63) is 128 Å². The minimum Gasteiger partial charge on any atom is -0.462 e. The van der Waals surface area contributed by atoms with E-state index in [2.05, 4.69) is 21.2 Å². The number of benzene rings is 3. The Balaban J connectivity index is 1.46. The number of ketones is 1. The van der Waals surface area contributed by atoms with E-state index < -0.39 is 11.9 Å². The van der Waals surface area contributed by atoms with Crippen LogP contribution in [0.4, 0.5) is 0 Å². The van der Waals surface area contributed by atoms with Crippen molar-refractivity contribution in [2.24, 2.45) is 0 Å². The van der Waals surface area contributed by atoms with Gasteiger partial charge in [0.05, 0.1) is 12.2 Å². The first kappa shape index (κ1) is 25.5. The lowest BCUT2D eigenvalue weighted by atomic mass is 9.72. The number of carbonyl (C=O) groups is 2. The van der Waals surface area contributed by atoms with Crippen molar-refractivity contribution in [1.82, 2.24) is 5.32 Å². The van der Waals surface area contributed by atoms with Crippen molar-refractivity contribution in [1.29, 1.82) is 0 Å². The molecule has 1 N–H and O–H groups in total. The molecule has 3 aromatic rings. The van der Waals surface area contributed by atoms with E-state index in [0.717, 1.165) is 32.6 Å². The first-order valence-corrected chi connectivity index (χ1v) is 13.5. The van der Waals surface area contributed by atoms with Gasteiger partial charge in [0.25, 0.3) is 0 Å². The summed E-state index contributed by atoms with van der Waals surface area (Å²) in [7, 11) is 0. The van der Waals surface area contributed by atoms with Gasteiger partial charge in [0.2, 0.25) is 0 Å². The first-order chi connectivity index (χ1) is 17.9. The number of Topliss-reactive ketones (excluding diaryl/α,β-unsaturated/α-hetero) is 1. The standard InChI is InChI=1S/C31H27BrClNO3/c1-19-28(31(36)37-15-14-20-6-3-2-4-7-20)29(22-8-5-9-24(32)16-22)30-26(34-19)17-23(18-27(30)35)21-10-12-25(33)13-11-21/h2-13,16,23,29,34H,14-15,17-18H2,1H3/t23-,29+/m0/s1. The van der Waals surface area contributed by atoms with E-state index in [1.807, 2.05) is 85.8 Å². The minimum atomic E-state index is -0.489. The number of nitrogens with one attached hydrogen (secondary N) is 1. The average molecular weight is 577 g/mol. The van der Waals surface area contributed by atoms with Gasteiger partial charge < -0.3 is 10.1 Å². The van der Waals surface area contributed by atoms with Crippen molar-refractivity contribution in [2.75, 3.05) is 6.61 Å². The van der Waals surface area contributed by atoms with E-state index in [-0.39, 0.29) is 18.3 Å². The summed E-state index contributed by atoms with van der Waals surface area (Å²) in [5.74, 6) is -0.797. The molecule has 188 valence electrons. The molecule has 3 aromatic carbocycles. The lowest BCUT2D eigenvalue weighted by molar-refractivity contribution is -0.139. The van der Waals surface area contributed by atoms with Crippen LogP contribution in [-0.4, -0.2) is 18.4 Å². The molecule has 2 aliphatic rings. The Bertz CT molecular complexity index is 1400. The van der Waals surface area contributed by atoms with Gasteiger partial charge in [-0.2, -0.15) is 0 Å². The van der Waals surface area contributed by atoms with Gasteiger partial charge in [-0.05, 0) is 60.2 Å². The topological polar surface area (TPSA) is 55.4 Å². The Hall–Kier alpha value is -3.15. The maximum absolute atomic E-state index is 13.7. The fourth-order valence-electron chi connectivity index (χ4n) is 5.28. The Morgan fingerprint density at radius 3 is 2.49 bits per heavy atom. The number of hydrogen-bond donors (Lipinski definition) is 1. The van der Waals surface area contributed by atoms with Crippen molar-refractivity contribution in [3.63, 3.8) is 0 Å². The number of ether oxygens (including phenoxy) is 1. The highest BCUT2D eigenvalue weighted by Crippen LogP contribution is 2.46. The predicted octanol–water partition coefficient (Wildman–Crippen LogP) is 7.25. The number of hydrogen-bond acceptors (Lipinski definition) is 4. The van der Waals surface area contributed by atoms with Gasteiger partial charge in [-0.15, -0.1) is 0 Å². The fourth-order valence-corrected chi connectivity index (χ4v) is 5.83. The number of rotatable bonds is 6. The second kappa shape index (κ2) is 11.1. The van der Waals surface area contributed by atoms with Gasteiger partial charge in [0, 0.05) is 45.2 Å². The van der Waals surface area contributed by atoms with Crippen LogP contribution in [0.3, 0.4) is 0 Å². The molecule has 5 rings (SSSR count). The molecule has 0 bridgehead atoms. The van der Waals surface area contributed by atoms with Crippen LogP contribution in [0.1, 0.15) is 48.3 Å². The molecule has 0 fully saturated rings. The maximum Gasteiger partial charge on any atom is 0.336 e. The highest BCUT2D eigenvalue weighted by Gasteiger charge is 2.41. The predicted molar refractivity (Wildman–Crippen MR) is 149 cm³/mol. The molecule has 0 unspecified atom stereocenters.